The highest BCUT2D eigenvalue weighted by molar-refractivity contribution is 5.84. The molecule has 2 amide bonds. The summed E-state index contributed by atoms with van der Waals surface area (Å²) in [7, 11) is 0. The molecule has 176 valence electrons. The molecule has 2 fully saturated rings. The number of hydrogen-bond acceptors (Lipinski definition) is 4. The van der Waals surface area contributed by atoms with Crippen molar-refractivity contribution < 1.29 is 14.3 Å². The maximum Gasteiger partial charge on any atom is 0.318 e. The molecule has 1 aromatic heterocycles. The predicted molar refractivity (Wildman–Crippen MR) is 126 cm³/mol. The van der Waals surface area contributed by atoms with Crippen LogP contribution in [0.3, 0.4) is 0 Å². The van der Waals surface area contributed by atoms with E-state index >= 15 is 0 Å². The molecule has 8 heteroatoms. The average molecular weight is 454 g/mol. The van der Waals surface area contributed by atoms with Crippen LogP contribution in [0.15, 0.2) is 36.1 Å². The number of benzene rings is 1. The van der Waals surface area contributed by atoms with Crippen molar-refractivity contribution in [3.05, 3.63) is 47.4 Å². The molecule has 3 atom stereocenters. The number of nitrogens with zero attached hydrogens (tertiary/aromatic N) is 3. The minimum atomic E-state index is -0.833. The standard InChI is InChI=1S/C25H32FN5O2/c1-4-30-23-12-16(11-21(26)20(23)13-27-30)22-8-7-19(24(32)29-22)15-9-17-5-6-18(10-15)31(17)25(33)28-14(2)3/h7-8,11-15,17-18,24,29,32H,4-6,9-10H2,1-3H3,(H,28,33). The van der Waals surface area contributed by atoms with Crippen LogP contribution >= 0.6 is 0 Å². The molecule has 3 aliphatic rings. The lowest BCUT2D eigenvalue weighted by molar-refractivity contribution is 0.113. The van der Waals surface area contributed by atoms with E-state index < -0.39 is 6.23 Å². The lowest BCUT2D eigenvalue weighted by Crippen LogP contribution is -2.53. The number of urea groups is 1. The Morgan fingerprint density at radius 2 is 2.00 bits per heavy atom. The number of amides is 2. The first-order valence-corrected chi connectivity index (χ1v) is 12.0. The summed E-state index contributed by atoms with van der Waals surface area (Å²) in [6, 6.07) is 3.95. The smallest absolute Gasteiger partial charge is 0.318 e. The van der Waals surface area contributed by atoms with Gasteiger partial charge in [0.2, 0.25) is 0 Å². The second-order valence-electron chi connectivity index (χ2n) is 9.71. The molecule has 0 radical (unpaired) electrons. The van der Waals surface area contributed by atoms with E-state index in [0.717, 1.165) is 36.8 Å². The van der Waals surface area contributed by atoms with E-state index in [1.165, 1.54) is 6.07 Å². The first kappa shape index (κ1) is 21.9. The summed E-state index contributed by atoms with van der Waals surface area (Å²) in [6.07, 6.45) is 8.34. The van der Waals surface area contributed by atoms with Crippen LogP contribution in [0.5, 0.6) is 0 Å². The number of allylic oxidation sites excluding steroid dienone is 2. The number of nitrogens with one attached hydrogen (secondary N) is 2. The van der Waals surface area contributed by atoms with Crippen LogP contribution in [-0.2, 0) is 6.54 Å². The zero-order valence-electron chi connectivity index (χ0n) is 19.4. The molecule has 3 N–H and O–H groups in total. The van der Waals surface area contributed by atoms with E-state index in [-0.39, 0.29) is 35.9 Å². The molecule has 2 aromatic rings. The number of aliphatic hydroxyl groups excluding tert-OH is 1. The third kappa shape index (κ3) is 3.90. The Labute approximate surface area is 193 Å². The lowest BCUT2D eigenvalue weighted by Gasteiger charge is -2.41. The van der Waals surface area contributed by atoms with Crippen molar-refractivity contribution in [1.82, 2.24) is 25.3 Å². The van der Waals surface area contributed by atoms with E-state index in [2.05, 4.69) is 15.7 Å². The summed E-state index contributed by atoms with van der Waals surface area (Å²) < 4.78 is 16.4. The highest BCUT2D eigenvalue weighted by Gasteiger charge is 2.45. The van der Waals surface area contributed by atoms with Gasteiger partial charge in [0.05, 0.1) is 17.1 Å². The van der Waals surface area contributed by atoms with Gasteiger partial charge in [-0.1, -0.05) is 6.08 Å². The number of aliphatic hydroxyl groups is 1. The largest absolute Gasteiger partial charge is 0.370 e. The zero-order valence-corrected chi connectivity index (χ0v) is 19.4. The Balaban J connectivity index is 1.37. The number of carbonyl (C=O) groups is 1. The fraction of sp³-hybridized carbons (Fsp3) is 0.520. The quantitative estimate of drug-likeness (QED) is 0.659. The number of hydrogen-bond donors (Lipinski definition) is 3. The minimum Gasteiger partial charge on any atom is -0.370 e. The zero-order chi connectivity index (χ0) is 23.3. The van der Waals surface area contributed by atoms with Crippen LogP contribution in [-0.4, -0.2) is 50.2 Å². The van der Waals surface area contributed by atoms with Crippen LogP contribution in [0, 0.1) is 11.7 Å². The SMILES string of the molecule is CCn1ncc2c(F)cc(C3=CC=C(C4CC5CCC(C4)N5C(=O)NC(C)C)C(O)N3)cc21. The predicted octanol–water partition coefficient (Wildman–Crippen LogP) is 3.75. The van der Waals surface area contributed by atoms with E-state index in [9.17, 15) is 14.3 Å². The Hall–Kier alpha value is -2.87. The third-order valence-electron chi connectivity index (χ3n) is 7.22. The Kier molecular flexibility index (Phi) is 5.64. The number of halogens is 1. The number of rotatable bonds is 4. The van der Waals surface area contributed by atoms with Crippen molar-refractivity contribution in [1.29, 1.82) is 0 Å². The molecule has 0 spiro atoms. The summed E-state index contributed by atoms with van der Waals surface area (Å²) in [6.45, 7) is 6.58. The van der Waals surface area contributed by atoms with Crippen molar-refractivity contribution in [2.24, 2.45) is 5.92 Å². The minimum absolute atomic E-state index is 0.0261. The van der Waals surface area contributed by atoms with Crippen LogP contribution in [0.1, 0.15) is 52.0 Å². The molecule has 2 saturated heterocycles. The molecule has 0 aliphatic carbocycles. The van der Waals surface area contributed by atoms with Crippen LogP contribution < -0.4 is 10.6 Å². The second kappa shape index (κ2) is 8.48. The number of carbonyl (C=O) groups excluding carboxylic acids is 1. The number of piperidine rings is 1. The topological polar surface area (TPSA) is 82.4 Å². The molecule has 4 heterocycles. The molecule has 5 rings (SSSR count). The summed E-state index contributed by atoms with van der Waals surface area (Å²) in [4.78, 5) is 14.7. The highest BCUT2D eigenvalue weighted by Crippen LogP contribution is 2.42. The van der Waals surface area contributed by atoms with Crippen molar-refractivity contribution >= 4 is 22.6 Å². The van der Waals surface area contributed by atoms with Gasteiger partial charge in [-0.3, -0.25) is 4.68 Å². The van der Waals surface area contributed by atoms with E-state index in [1.54, 1.807) is 10.9 Å². The van der Waals surface area contributed by atoms with Gasteiger partial charge in [-0.05, 0) is 76.2 Å². The molecular weight excluding hydrogens is 421 g/mol. The van der Waals surface area contributed by atoms with E-state index in [0.29, 0.717) is 23.2 Å². The van der Waals surface area contributed by atoms with Gasteiger partial charge in [0.15, 0.2) is 0 Å². The number of fused-ring (bicyclic) bond motifs is 3. The summed E-state index contributed by atoms with van der Waals surface area (Å²) in [5, 5.41) is 21.9. The molecule has 7 nitrogen and oxygen atoms in total. The molecule has 2 bridgehead atoms. The lowest BCUT2D eigenvalue weighted by atomic mass is 9.82. The maximum absolute atomic E-state index is 14.7. The number of dihydropyridines is 1. The molecule has 0 saturated carbocycles. The first-order valence-electron chi connectivity index (χ1n) is 12.0. The Bertz CT molecular complexity index is 1120. The number of aromatic nitrogens is 2. The van der Waals surface area contributed by atoms with Crippen molar-refractivity contribution in [3.63, 3.8) is 0 Å². The molecule has 33 heavy (non-hydrogen) atoms. The highest BCUT2D eigenvalue weighted by atomic mass is 19.1. The van der Waals surface area contributed by atoms with Crippen LogP contribution in [0.2, 0.25) is 0 Å². The van der Waals surface area contributed by atoms with Gasteiger partial charge in [0, 0.05) is 35.9 Å². The summed E-state index contributed by atoms with van der Waals surface area (Å²) in [5.41, 5.74) is 3.06. The average Bonchev–Trinajstić information content (AvgIpc) is 3.31. The van der Waals surface area contributed by atoms with Gasteiger partial charge in [-0.2, -0.15) is 5.10 Å². The second-order valence-corrected chi connectivity index (χ2v) is 9.71. The van der Waals surface area contributed by atoms with Gasteiger partial charge in [-0.25, -0.2) is 9.18 Å². The van der Waals surface area contributed by atoms with Crippen molar-refractivity contribution in [2.45, 2.75) is 77.4 Å². The monoisotopic (exact) mass is 453 g/mol. The maximum atomic E-state index is 14.7. The number of aryl methyl sites for hydroxylation is 1. The molecule has 3 unspecified atom stereocenters. The molecule has 1 aromatic carbocycles. The van der Waals surface area contributed by atoms with Crippen LogP contribution in [0.25, 0.3) is 16.6 Å². The van der Waals surface area contributed by atoms with Gasteiger partial charge in [0.25, 0.3) is 0 Å². The van der Waals surface area contributed by atoms with Crippen molar-refractivity contribution in [3.8, 4) is 0 Å². The Morgan fingerprint density at radius 3 is 2.64 bits per heavy atom. The Morgan fingerprint density at radius 1 is 1.27 bits per heavy atom. The molecule has 3 aliphatic heterocycles. The van der Waals surface area contributed by atoms with E-state index in [1.807, 2.05) is 43.9 Å². The first-order chi connectivity index (χ1) is 15.9. The normalized spacial score (nSPS) is 26.9. The fourth-order valence-corrected chi connectivity index (χ4v) is 5.73. The summed E-state index contributed by atoms with van der Waals surface area (Å²) in [5.74, 6) is -0.107. The summed E-state index contributed by atoms with van der Waals surface area (Å²) >= 11 is 0. The molecular formula is C25H32FN5O2. The van der Waals surface area contributed by atoms with E-state index in [4.69, 9.17) is 0 Å². The van der Waals surface area contributed by atoms with Gasteiger partial charge < -0.3 is 20.6 Å². The fourth-order valence-electron chi connectivity index (χ4n) is 5.73. The van der Waals surface area contributed by atoms with Gasteiger partial charge in [-0.15, -0.1) is 0 Å². The van der Waals surface area contributed by atoms with Crippen molar-refractivity contribution in [2.75, 3.05) is 0 Å². The van der Waals surface area contributed by atoms with Crippen LogP contribution in [0.4, 0.5) is 9.18 Å². The third-order valence-corrected chi connectivity index (χ3v) is 7.22. The van der Waals surface area contributed by atoms with Gasteiger partial charge in [0.1, 0.15) is 12.0 Å². The van der Waals surface area contributed by atoms with Gasteiger partial charge >= 0.3 is 6.03 Å².